The van der Waals surface area contributed by atoms with Crippen LogP contribution in [-0.4, -0.2) is 57.1 Å². The van der Waals surface area contributed by atoms with E-state index in [-0.39, 0.29) is 17.9 Å². The van der Waals surface area contributed by atoms with Crippen LogP contribution < -0.4 is 10.4 Å². The van der Waals surface area contributed by atoms with Gasteiger partial charge < -0.3 is 9.15 Å². The fraction of sp³-hybridized carbons (Fsp3) is 0.480. The average molecular weight is 494 g/mol. The fourth-order valence-corrected chi connectivity index (χ4v) is 4.31. The summed E-state index contributed by atoms with van der Waals surface area (Å²) in [6.45, 7) is 5.69. The van der Waals surface area contributed by atoms with Gasteiger partial charge in [0.15, 0.2) is 0 Å². The zero-order chi connectivity index (χ0) is 25.3. The van der Waals surface area contributed by atoms with E-state index in [2.05, 4.69) is 10.2 Å². The SMILES string of the molecule is COC(=O)[C@H](CC(C)C)NC(c1ccc2c(c1)oc1ccc(N3CCN(C)CO3)cc12)C(F)(F)F. The van der Waals surface area contributed by atoms with E-state index in [4.69, 9.17) is 14.0 Å². The van der Waals surface area contributed by atoms with E-state index in [0.717, 1.165) is 17.6 Å². The van der Waals surface area contributed by atoms with Crippen molar-refractivity contribution in [3.8, 4) is 0 Å². The molecular weight excluding hydrogens is 463 g/mol. The van der Waals surface area contributed by atoms with Crippen molar-refractivity contribution < 1.29 is 32.0 Å². The second-order valence-electron chi connectivity index (χ2n) is 9.32. The van der Waals surface area contributed by atoms with Crippen molar-refractivity contribution in [3.05, 3.63) is 42.0 Å². The van der Waals surface area contributed by atoms with Crippen LogP contribution in [0, 0.1) is 5.92 Å². The molecule has 10 heteroatoms. The monoisotopic (exact) mass is 493 g/mol. The summed E-state index contributed by atoms with van der Waals surface area (Å²) >= 11 is 0. The van der Waals surface area contributed by atoms with Gasteiger partial charge in [0.1, 0.15) is 30.0 Å². The highest BCUT2D eigenvalue weighted by molar-refractivity contribution is 6.06. The molecule has 1 aliphatic rings. The second kappa shape index (κ2) is 10.0. The minimum atomic E-state index is -4.63. The molecule has 1 N–H and O–H groups in total. The van der Waals surface area contributed by atoms with Gasteiger partial charge >= 0.3 is 12.1 Å². The lowest BCUT2D eigenvalue weighted by Crippen LogP contribution is -2.45. The minimum absolute atomic E-state index is 0.00295. The number of hydrogen-bond donors (Lipinski definition) is 1. The number of carbonyl (C=O) groups excluding carboxylic acids is 1. The number of hydrogen-bond acceptors (Lipinski definition) is 7. The summed E-state index contributed by atoms with van der Waals surface area (Å²) in [7, 11) is 3.14. The molecule has 0 radical (unpaired) electrons. The zero-order valence-corrected chi connectivity index (χ0v) is 20.2. The number of anilines is 1. The van der Waals surface area contributed by atoms with Crippen molar-refractivity contribution in [2.24, 2.45) is 5.92 Å². The van der Waals surface area contributed by atoms with Crippen molar-refractivity contribution in [2.75, 3.05) is 39.0 Å². The third-order valence-electron chi connectivity index (χ3n) is 6.11. The Bertz CT molecular complexity index is 1190. The van der Waals surface area contributed by atoms with Crippen molar-refractivity contribution >= 4 is 33.6 Å². The number of nitrogens with zero attached hydrogens (tertiary/aromatic N) is 2. The number of esters is 1. The van der Waals surface area contributed by atoms with Crippen LogP contribution in [-0.2, 0) is 14.4 Å². The van der Waals surface area contributed by atoms with E-state index < -0.39 is 24.2 Å². The number of benzene rings is 2. The number of hydroxylamine groups is 1. The number of rotatable bonds is 7. The predicted octanol–water partition coefficient (Wildman–Crippen LogP) is 5.01. The van der Waals surface area contributed by atoms with Gasteiger partial charge in [-0.3, -0.25) is 24.9 Å². The third-order valence-corrected chi connectivity index (χ3v) is 6.11. The van der Waals surface area contributed by atoms with Crippen LogP contribution in [0.4, 0.5) is 18.9 Å². The van der Waals surface area contributed by atoms with E-state index in [0.29, 0.717) is 29.8 Å². The van der Waals surface area contributed by atoms with Gasteiger partial charge in [0, 0.05) is 17.3 Å². The molecule has 2 aromatic carbocycles. The Morgan fingerprint density at radius 3 is 2.51 bits per heavy atom. The molecular formula is C25H30F3N3O4. The van der Waals surface area contributed by atoms with Crippen molar-refractivity contribution in [2.45, 2.75) is 38.5 Å². The molecule has 4 rings (SSSR count). The van der Waals surface area contributed by atoms with Crippen LogP contribution in [0.2, 0.25) is 0 Å². The molecule has 1 fully saturated rings. The lowest BCUT2D eigenvalue weighted by Gasteiger charge is -2.32. The highest BCUT2D eigenvalue weighted by atomic mass is 19.4. The molecule has 2 heterocycles. The molecule has 0 aliphatic carbocycles. The molecule has 35 heavy (non-hydrogen) atoms. The van der Waals surface area contributed by atoms with Gasteiger partial charge in [0.25, 0.3) is 0 Å². The first-order valence-electron chi connectivity index (χ1n) is 11.5. The highest BCUT2D eigenvalue weighted by Crippen LogP contribution is 2.38. The summed E-state index contributed by atoms with van der Waals surface area (Å²) in [6, 6.07) is 6.86. The maximum Gasteiger partial charge on any atom is 0.407 e. The maximum atomic E-state index is 14.1. The number of fused-ring (bicyclic) bond motifs is 3. The fourth-order valence-electron chi connectivity index (χ4n) is 4.31. The van der Waals surface area contributed by atoms with E-state index in [9.17, 15) is 18.0 Å². The summed E-state index contributed by atoms with van der Waals surface area (Å²) < 4.78 is 52.9. The summed E-state index contributed by atoms with van der Waals surface area (Å²) in [5, 5.41) is 5.77. The topological polar surface area (TPSA) is 67.2 Å². The van der Waals surface area contributed by atoms with Crippen molar-refractivity contribution in [3.63, 3.8) is 0 Å². The Kier molecular flexibility index (Phi) is 7.25. The smallest absolute Gasteiger partial charge is 0.407 e. The van der Waals surface area contributed by atoms with Crippen LogP contribution in [0.5, 0.6) is 0 Å². The molecule has 2 atom stereocenters. The van der Waals surface area contributed by atoms with Gasteiger partial charge in [0.2, 0.25) is 0 Å². The molecule has 1 aromatic heterocycles. The number of ether oxygens (including phenoxy) is 1. The second-order valence-corrected chi connectivity index (χ2v) is 9.32. The highest BCUT2D eigenvalue weighted by Gasteiger charge is 2.43. The summed E-state index contributed by atoms with van der Waals surface area (Å²) in [5.74, 6) is -0.728. The molecule has 0 spiro atoms. The molecule has 0 saturated carbocycles. The molecule has 0 bridgehead atoms. The Morgan fingerprint density at radius 2 is 1.89 bits per heavy atom. The van der Waals surface area contributed by atoms with Crippen LogP contribution in [0.15, 0.2) is 40.8 Å². The number of furan rings is 1. The lowest BCUT2D eigenvalue weighted by atomic mass is 9.99. The Hall–Kier alpha value is -2.82. The zero-order valence-electron chi connectivity index (χ0n) is 20.2. The maximum absolute atomic E-state index is 14.1. The van der Waals surface area contributed by atoms with Crippen molar-refractivity contribution in [1.29, 1.82) is 0 Å². The lowest BCUT2D eigenvalue weighted by molar-refractivity contribution is -0.164. The van der Waals surface area contributed by atoms with E-state index >= 15 is 0 Å². The first kappa shape index (κ1) is 25.3. The Balaban J connectivity index is 1.68. The van der Waals surface area contributed by atoms with Gasteiger partial charge in [-0.1, -0.05) is 26.0 Å². The molecule has 190 valence electrons. The standard InChI is InChI=1S/C25H30F3N3O4/c1-15(2)11-20(24(32)33-4)29-23(25(26,27)28)16-5-7-18-19-13-17(31-10-9-30(3)14-34-31)6-8-21(19)35-22(18)12-16/h5-8,12-13,15,20,23,29H,9-11,14H2,1-4H3/t20-,23?/m0/s1. The molecule has 1 aliphatic heterocycles. The number of nitrogens with one attached hydrogen (secondary N) is 1. The number of methoxy groups -OCH3 is 1. The predicted molar refractivity (Wildman–Crippen MR) is 127 cm³/mol. The molecule has 1 saturated heterocycles. The van der Waals surface area contributed by atoms with Crippen molar-refractivity contribution in [1.82, 2.24) is 10.2 Å². The van der Waals surface area contributed by atoms with E-state index in [1.807, 2.05) is 33.0 Å². The summed E-state index contributed by atoms with van der Waals surface area (Å²) in [6.07, 6.45) is -4.42. The quantitative estimate of drug-likeness (QED) is 0.464. The number of alkyl halides is 3. The molecule has 1 unspecified atom stereocenters. The van der Waals surface area contributed by atoms with Crippen LogP contribution >= 0.6 is 0 Å². The van der Waals surface area contributed by atoms with Crippen LogP contribution in [0.3, 0.4) is 0 Å². The Labute approximate surface area is 201 Å². The van der Waals surface area contributed by atoms with Crippen LogP contribution in [0.1, 0.15) is 31.9 Å². The third kappa shape index (κ3) is 5.55. The summed E-state index contributed by atoms with van der Waals surface area (Å²) in [4.78, 5) is 20.0. The van der Waals surface area contributed by atoms with Gasteiger partial charge in [-0.25, -0.2) is 0 Å². The van der Waals surface area contributed by atoms with Gasteiger partial charge in [-0.2, -0.15) is 13.2 Å². The molecule has 0 amide bonds. The number of carbonyl (C=O) groups is 1. The summed E-state index contributed by atoms with van der Waals surface area (Å²) in [5.41, 5.74) is 1.72. The van der Waals surface area contributed by atoms with E-state index in [1.165, 1.54) is 19.2 Å². The number of halogens is 3. The minimum Gasteiger partial charge on any atom is -0.468 e. The first-order valence-corrected chi connectivity index (χ1v) is 11.5. The largest absolute Gasteiger partial charge is 0.468 e. The van der Waals surface area contributed by atoms with Crippen LogP contribution in [0.25, 0.3) is 21.9 Å². The first-order chi connectivity index (χ1) is 16.6. The molecule has 7 nitrogen and oxygen atoms in total. The van der Waals surface area contributed by atoms with Gasteiger partial charge in [-0.15, -0.1) is 0 Å². The Morgan fingerprint density at radius 1 is 1.11 bits per heavy atom. The van der Waals surface area contributed by atoms with Gasteiger partial charge in [-0.05, 0) is 49.2 Å². The van der Waals surface area contributed by atoms with E-state index in [1.54, 1.807) is 17.2 Å². The average Bonchev–Trinajstić information content (AvgIpc) is 3.17. The normalized spacial score (nSPS) is 17.3. The number of likely N-dealkylation sites (N-methyl/N-ethyl adjacent to an activating group) is 1. The van der Waals surface area contributed by atoms with Gasteiger partial charge in [0.05, 0.1) is 19.3 Å². The molecule has 3 aromatic rings.